The van der Waals surface area contributed by atoms with Crippen LogP contribution in [0.5, 0.6) is 0 Å². The number of benzene rings is 2. The Hall–Kier alpha value is -3.71. The van der Waals surface area contributed by atoms with Gasteiger partial charge in [-0.05, 0) is 93.2 Å². The quantitative estimate of drug-likeness (QED) is 0.297. The van der Waals surface area contributed by atoms with Gasteiger partial charge in [0.15, 0.2) is 0 Å². The molecule has 2 fully saturated rings. The third kappa shape index (κ3) is 6.31. The highest BCUT2D eigenvalue weighted by molar-refractivity contribution is 6.03. The van der Waals surface area contributed by atoms with Gasteiger partial charge in [0, 0.05) is 31.7 Å². The number of aryl methyl sites for hydroxylation is 1. The highest BCUT2D eigenvalue weighted by atomic mass is 19.4. The zero-order chi connectivity index (χ0) is 33.8. The summed E-state index contributed by atoms with van der Waals surface area (Å²) >= 11 is 0. The summed E-state index contributed by atoms with van der Waals surface area (Å²) in [7, 11) is 1.37. The zero-order valence-corrected chi connectivity index (χ0v) is 25.8. The molecule has 0 aliphatic carbocycles. The molecule has 5 rings (SSSR count). The number of rotatable bonds is 6. The molecule has 6 nitrogen and oxygen atoms in total. The van der Waals surface area contributed by atoms with E-state index in [9.17, 15) is 40.6 Å². The van der Waals surface area contributed by atoms with Gasteiger partial charge >= 0.3 is 12.4 Å². The number of fused-ring (bicyclic) bond motifs is 1. The topological polar surface area (TPSA) is 59.9 Å². The number of amides is 1. The van der Waals surface area contributed by atoms with Gasteiger partial charge in [-0.3, -0.25) is 9.69 Å². The number of piperazine rings is 1. The van der Waals surface area contributed by atoms with E-state index in [-0.39, 0.29) is 30.4 Å². The second-order valence-electron chi connectivity index (χ2n) is 12.5. The number of anilines is 2. The number of pyridine rings is 1. The minimum atomic E-state index is -5.08. The summed E-state index contributed by atoms with van der Waals surface area (Å²) in [6, 6.07) is 6.89. The molecule has 0 radical (unpaired) electrons. The molecule has 1 aromatic heterocycles. The van der Waals surface area contributed by atoms with Crippen molar-refractivity contribution in [3.05, 3.63) is 76.7 Å². The van der Waals surface area contributed by atoms with Gasteiger partial charge < -0.3 is 14.9 Å². The van der Waals surface area contributed by atoms with Crippen LogP contribution >= 0.6 is 0 Å². The van der Waals surface area contributed by atoms with Gasteiger partial charge in [-0.1, -0.05) is 6.07 Å². The predicted molar refractivity (Wildman–Crippen MR) is 160 cm³/mol. The Bertz CT molecular complexity index is 1590. The van der Waals surface area contributed by atoms with Crippen molar-refractivity contribution in [3.8, 4) is 11.1 Å². The van der Waals surface area contributed by atoms with E-state index in [1.807, 2.05) is 4.90 Å². The van der Waals surface area contributed by atoms with Crippen molar-refractivity contribution in [1.29, 1.82) is 0 Å². The molecule has 0 saturated carbocycles. The lowest BCUT2D eigenvalue weighted by molar-refractivity contribution is -0.143. The molecule has 248 valence electrons. The normalized spacial score (nSPS) is 19.3. The Morgan fingerprint density at radius 2 is 1.57 bits per heavy atom. The monoisotopic (exact) mass is 652 g/mol. The van der Waals surface area contributed by atoms with Crippen LogP contribution in [0.1, 0.15) is 48.9 Å². The van der Waals surface area contributed by atoms with Crippen molar-refractivity contribution in [1.82, 2.24) is 9.88 Å². The third-order valence-corrected chi connectivity index (χ3v) is 9.23. The van der Waals surface area contributed by atoms with E-state index in [0.717, 1.165) is 30.8 Å². The lowest BCUT2D eigenvalue weighted by atomic mass is 9.81. The molecular weight excluding hydrogens is 617 g/mol. The molecule has 2 saturated heterocycles. The van der Waals surface area contributed by atoms with Crippen LogP contribution in [0.2, 0.25) is 0 Å². The lowest BCUT2D eigenvalue weighted by Gasteiger charge is -2.45. The molecule has 46 heavy (non-hydrogen) atoms. The molecule has 0 spiro atoms. The average Bonchev–Trinajstić information content (AvgIpc) is 3.47. The zero-order valence-electron chi connectivity index (χ0n) is 25.8. The summed E-state index contributed by atoms with van der Waals surface area (Å²) in [5.41, 5.74) is -3.58. The maximum atomic E-state index is 14.1. The Balaban J connectivity index is 1.59. The van der Waals surface area contributed by atoms with Gasteiger partial charge in [-0.15, -0.1) is 0 Å². The van der Waals surface area contributed by atoms with Crippen LogP contribution in [0, 0.1) is 12.7 Å². The molecule has 1 N–H and O–H groups in total. The van der Waals surface area contributed by atoms with Crippen molar-refractivity contribution >= 4 is 17.4 Å². The summed E-state index contributed by atoms with van der Waals surface area (Å²) < 4.78 is 96.1. The number of alkyl halides is 6. The number of halogens is 7. The number of aromatic nitrogens is 1. The van der Waals surface area contributed by atoms with Gasteiger partial charge in [0.2, 0.25) is 5.91 Å². The first-order valence-electron chi connectivity index (χ1n) is 14.9. The number of aliphatic hydroxyl groups excluding tert-OH is 1. The molecular formula is C33H35F7N4O2. The van der Waals surface area contributed by atoms with E-state index in [1.54, 1.807) is 13.0 Å². The second kappa shape index (κ2) is 12.1. The first kappa shape index (κ1) is 33.6. The summed E-state index contributed by atoms with van der Waals surface area (Å²) in [6.45, 7) is 6.38. The minimum absolute atomic E-state index is 0.0247. The smallest absolute Gasteiger partial charge is 0.394 e. The van der Waals surface area contributed by atoms with Gasteiger partial charge in [0.1, 0.15) is 11.6 Å². The summed E-state index contributed by atoms with van der Waals surface area (Å²) in [5, 5.41) is 10.4. The molecule has 2 aromatic carbocycles. The fraction of sp³-hybridized carbons (Fsp3) is 0.455. The predicted octanol–water partition coefficient (Wildman–Crippen LogP) is 6.82. The van der Waals surface area contributed by atoms with E-state index >= 15 is 0 Å². The molecule has 13 heteroatoms. The van der Waals surface area contributed by atoms with E-state index < -0.39 is 46.2 Å². The number of nitrogens with zero attached hydrogens (tertiary/aromatic N) is 4. The average molecular weight is 653 g/mol. The first-order chi connectivity index (χ1) is 21.4. The largest absolute Gasteiger partial charge is 0.416 e. The van der Waals surface area contributed by atoms with Gasteiger partial charge in [0.05, 0.1) is 41.1 Å². The third-order valence-electron chi connectivity index (χ3n) is 9.23. The highest BCUT2D eigenvalue weighted by Gasteiger charge is 2.42. The molecule has 3 heterocycles. The molecule has 2 aliphatic heterocycles. The van der Waals surface area contributed by atoms with Crippen LogP contribution in [-0.2, 0) is 22.6 Å². The highest BCUT2D eigenvalue weighted by Crippen LogP contribution is 2.42. The van der Waals surface area contributed by atoms with Crippen molar-refractivity contribution in [2.45, 2.75) is 63.5 Å². The number of hydrogen-bond acceptors (Lipinski definition) is 5. The molecule has 0 unspecified atom stereocenters. The standard InChI is InChI=1S/C33H35F7N4O2/c1-19-12-23(34)7-8-24(19)25-16-29(44-11-10-43-9-5-6-26(43)28(44)18-45)41-17-27(25)42(4)30(46)31(2,3)20-13-21(32(35,36)37)15-22(14-20)33(38,39)40/h7-8,12-17,26,28,45H,5-6,9-11,18H2,1-4H3/t26-,28-/m0/s1. The molecule has 2 atom stereocenters. The van der Waals surface area contributed by atoms with Crippen molar-refractivity contribution in [2.24, 2.45) is 0 Å². The fourth-order valence-electron chi connectivity index (χ4n) is 6.65. The van der Waals surface area contributed by atoms with Crippen LogP contribution in [0.4, 0.5) is 42.2 Å². The van der Waals surface area contributed by atoms with Crippen LogP contribution < -0.4 is 9.80 Å². The maximum Gasteiger partial charge on any atom is 0.416 e. The van der Waals surface area contributed by atoms with E-state index in [4.69, 9.17) is 0 Å². The first-order valence-corrected chi connectivity index (χ1v) is 14.9. The Morgan fingerprint density at radius 1 is 0.935 bits per heavy atom. The van der Waals surface area contributed by atoms with Crippen LogP contribution in [-0.4, -0.2) is 66.3 Å². The number of carbonyl (C=O) groups is 1. The Morgan fingerprint density at radius 3 is 2.15 bits per heavy atom. The Kier molecular flexibility index (Phi) is 8.88. The fourth-order valence-corrected chi connectivity index (χ4v) is 6.65. The van der Waals surface area contributed by atoms with E-state index in [0.29, 0.717) is 41.2 Å². The number of hydrogen-bond donors (Lipinski definition) is 1. The summed E-state index contributed by atoms with van der Waals surface area (Å²) in [5.74, 6) is -0.755. The van der Waals surface area contributed by atoms with Gasteiger partial charge in [0.25, 0.3) is 0 Å². The SMILES string of the molecule is Cc1cc(F)ccc1-c1cc(N2CCN3CCC[C@H]3[C@@H]2CO)ncc1N(C)C(=O)C(C)(C)c1cc(C(F)(F)F)cc(C(F)(F)F)c1. The Labute approximate surface area is 262 Å². The second-order valence-corrected chi connectivity index (χ2v) is 12.5. The van der Waals surface area contributed by atoms with E-state index in [1.165, 1.54) is 45.3 Å². The molecule has 0 bridgehead atoms. The molecule has 1 amide bonds. The number of carbonyl (C=O) groups excluding carboxylic acids is 1. The number of likely N-dealkylation sites (N-methyl/N-ethyl adjacent to an activating group) is 1. The number of aliphatic hydroxyl groups is 1. The van der Waals surface area contributed by atoms with Crippen molar-refractivity contribution < 1.29 is 40.6 Å². The van der Waals surface area contributed by atoms with Gasteiger partial charge in [-0.25, -0.2) is 9.37 Å². The van der Waals surface area contributed by atoms with Crippen LogP contribution in [0.3, 0.4) is 0 Å². The molecule has 3 aromatic rings. The van der Waals surface area contributed by atoms with Gasteiger partial charge in [-0.2, -0.15) is 26.3 Å². The lowest BCUT2D eigenvalue weighted by Crippen LogP contribution is -2.59. The van der Waals surface area contributed by atoms with Crippen LogP contribution in [0.25, 0.3) is 11.1 Å². The van der Waals surface area contributed by atoms with Crippen LogP contribution in [0.15, 0.2) is 48.7 Å². The van der Waals surface area contributed by atoms with E-state index in [2.05, 4.69) is 9.88 Å². The summed E-state index contributed by atoms with van der Waals surface area (Å²) in [6.07, 6.45) is -6.80. The summed E-state index contributed by atoms with van der Waals surface area (Å²) in [4.78, 5) is 24.2. The van der Waals surface area contributed by atoms with Crippen molar-refractivity contribution in [2.75, 3.05) is 43.1 Å². The maximum absolute atomic E-state index is 14.1. The molecule has 2 aliphatic rings. The minimum Gasteiger partial charge on any atom is -0.394 e. The van der Waals surface area contributed by atoms with Crippen molar-refractivity contribution in [3.63, 3.8) is 0 Å².